The Morgan fingerprint density at radius 3 is 2.65 bits per heavy atom. The predicted octanol–water partition coefficient (Wildman–Crippen LogP) is 4.02. The third-order valence-corrected chi connectivity index (χ3v) is 4.96. The predicted molar refractivity (Wildman–Crippen MR) is 86.7 cm³/mol. The van der Waals surface area contributed by atoms with Crippen molar-refractivity contribution in [2.24, 2.45) is 0 Å². The molecule has 0 spiro atoms. The zero-order valence-electron chi connectivity index (χ0n) is 11.2. The highest BCUT2D eigenvalue weighted by Gasteiger charge is 2.33. The number of rotatable bonds is 6. The van der Waals surface area contributed by atoms with Gasteiger partial charge >= 0.3 is 0 Å². The van der Waals surface area contributed by atoms with Crippen LogP contribution < -0.4 is 0 Å². The summed E-state index contributed by atoms with van der Waals surface area (Å²) in [5.74, 6) is 1.78. The van der Waals surface area contributed by atoms with Crippen molar-refractivity contribution in [1.29, 1.82) is 0 Å². The number of benzene rings is 1. The molecule has 0 saturated carbocycles. The van der Waals surface area contributed by atoms with Crippen molar-refractivity contribution in [1.82, 2.24) is 14.8 Å². The summed E-state index contributed by atoms with van der Waals surface area (Å²) in [5.41, 5.74) is 0.773. The number of hydrogen-bond acceptors (Lipinski definition) is 2. The topological polar surface area (TPSA) is 30.7 Å². The van der Waals surface area contributed by atoms with E-state index in [1.54, 1.807) is 6.33 Å². The van der Waals surface area contributed by atoms with E-state index in [2.05, 4.69) is 38.1 Å². The Kier molecular flexibility index (Phi) is 5.47. The van der Waals surface area contributed by atoms with E-state index in [0.29, 0.717) is 18.2 Å². The third kappa shape index (κ3) is 3.18. The zero-order valence-corrected chi connectivity index (χ0v) is 14.3. The highest BCUT2D eigenvalue weighted by molar-refractivity contribution is 9.10. The van der Waals surface area contributed by atoms with Crippen LogP contribution in [0.2, 0.25) is 0 Å². The molecule has 0 aliphatic carbocycles. The minimum Gasteiger partial charge on any atom is -0.250 e. The molecule has 0 aliphatic heterocycles. The second-order valence-corrected chi connectivity index (χ2v) is 6.18. The van der Waals surface area contributed by atoms with E-state index in [0.717, 1.165) is 22.4 Å². The fourth-order valence-corrected chi connectivity index (χ4v) is 3.38. The standard InChI is InChI=1S/C14H16BrCl2N3/c1-2-20-13(18-10-19-20)7-14(8-16,9-17)11-4-3-5-12(15)6-11/h3-6,10H,2,7-9H2,1H3. The highest BCUT2D eigenvalue weighted by atomic mass is 79.9. The summed E-state index contributed by atoms with van der Waals surface area (Å²) >= 11 is 16.0. The quantitative estimate of drug-likeness (QED) is 0.713. The second kappa shape index (κ2) is 6.92. The van der Waals surface area contributed by atoms with Gasteiger partial charge in [0.2, 0.25) is 0 Å². The van der Waals surface area contributed by atoms with Gasteiger partial charge in [0.1, 0.15) is 12.2 Å². The molecular weight excluding hydrogens is 361 g/mol. The molecule has 0 saturated heterocycles. The molecule has 0 unspecified atom stereocenters. The van der Waals surface area contributed by atoms with Crippen LogP contribution >= 0.6 is 39.1 Å². The minimum atomic E-state index is -0.340. The van der Waals surface area contributed by atoms with Crippen molar-refractivity contribution in [3.05, 3.63) is 46.5 Å². The van der Waals surface area contributed by atoms with Gasteiger partial charge in [0.05, 0.1) is 0 Å². The molecule has 0 atom stereocenters. The Labute approximate surface area is 137 Å². The Morgan fingerprint density at radius 2 is 2.05 bits per heavy atom. The average molecular weight is 377 g/mol. The van der Waals surface area contributed by atoms with Gasteiger partial charge in [0, 0.05) is 34.6 Å². The van der Waals surface area contributed by atoms with E-state index < -0.39 is 0 Å². The van der Waals surface area contributed by atoms with E-state index in [9.17, 15) is 0 Å². The number of aromatic nitrogens is 3. The van der Waals surface area contributed by atoms with Gasteiger partial charge in [-0.15, -0.1) is 23.2 Å². The Hall–Kier alpha value is -0.580. The van der Waals surface area contributed by atoms with Gasteiger partial charge in [-0.2, -0.15) is 5.10 Å². The Morgan fingerprint density at radius 1 is 1.30 bits per heavy atom. The van der Waals surface area contributed by atoms with Crippen molar-refractivity contribution in [3.8, 4) is 0 Å². The van der Waals surface area contributed by atoms with Gasteiger partial charge in [0.25, 0.3) is 0 Å². The fourth-order valence-electron chi connectivity index (χ4n) is 2.20. The van der Waals surface area contributed by atoms with Crippen LogP contribution in [-0.4, -0.2) is 26.5 Å². The van der Waals surface area contributed by atoms with Crippen LogP contribution in [0.15, 0.2) is 35.1 Å². The van der Waals surface area contributed by atoms with Crippen LogP contribution in [0, 0.1) is 0 Å². The van der Waals surface area contributed by atoms with E-state index in [1.165, 1.54) is 0 Å². The summed E-state index contributed by atoms with van der Waals surface area (Å²) in [6.07, 6.45) is 2.25. The van der Waals surface area contributed by atoms with Gasteiger partial charge in [-0.1, -0.05) is 28.1 Å². The first-order chi connectivity index (χ1) is 9.65. The third-order valence-electron chi connectivity index (χ3n) is 3.44. The first-order valence-corrected chi connectivity index (χ1v) is 8.26. The van der Waals surface area contributed by atoms with Crippen molar-refractivity contribution in [2.75, 3.05) is 11.8 Å². The second-order valence-electron chi connectivity index (χ2n) is 4.73. The molecular formula is C14H16BrCl2N3. The van der Waals surface area contributed by atoms with E-state index in [4.69, 9.17) is 23.2 Å². The van der Waals surface area contributed by atoms with Crippen LogP contribution in [-0.2, 0) is 18.4 Å². The molecule has 0 bridgehead atoms. The monoisotopic (exact) mass is 375 g/mol. The zero-order chi connectivity index (χ0) is 14.6. The number of alkyl halides is 2. The first-order valence-electron chi connectivity index (χ1n) is 6.40. The average Bonchev–Trinajstić information content (AvgIpc) is 2.92. The summed E-state index contributed by atoms with van der Waals surface area (Å²) in [5, 5.41) is 4.21. The molecule has 1 heterocycles. The molecule has 0 radical (unpaired) electrons. The first kappa shape index (κ1) is 15.8. The Bertz CT molecular complexity index is 567. The SMILES string of the molecule is CCn1ncnc1CC(CCl)(CCl)c1cccc(Br)c1. The lowest BCUT2D eigenvalue weighted by molar-refractivity contribution is 0.490. The molecule has 1 aromatic heterocycles. The van der Waals surface area contributed by atoms with Crippen molar-refractivity contribution in [2.45, 2.75) is 25.3 Å². The molecule has 0 N–H and O–H groups in total. The molecule has 0 aliphatic rings. The van der Waals surface area contributed by atoms with Crippen molar-refractivity contribution < 1.29 is 0 Å². The van der Waals surface area contributed by atoms with E-state index in [-0.39, 0.29) is 5.41 Å². The maximum Gasteiger partial charge on any atom is 0.138 e. The summed E-state index contributed by atoms with van der Waals surface area (Å²) in [7, 11) is 0. The maximum absolute atomic E-state index is 6.27. The molecule has 0 fully saturated rings. The lowest BCUT2D eigenvalue weighted by Gasteiger charge is -2.30. The lowest BCUT2D eigenvalue weighted by Crippen LogP contribution is -2.34. The van der Waals surface area contributed by atoms with Crippen LogP contribution in [0.5, 0.6) is 0 Å². The maximum atomic E-state index is 6.27. The summed E-state index contributed by atoms with van der Waals surface area (Å²) in [6.45, 7) is 2.83. The van der Waals surface area contributed by atoms with Crippen molar-refractivity contribution in [3.63, 3.8) is 0 Å². The number of halogens is 3. The molecule has 6 heteroatoms. The number of aryl methyl sites for hydroxylation is 1. The summed E-state index contributed by atoms with van der Waals surface area (Å²) < 4.78 is 2.90. The molecule has 3 nitrogen and oxygen atoms in total. The van der Waals surface area contributed by atoms with Gasteiger partial charge in [0.15, 0.2) is 0 Å². The normalized spacial score (nSPS) is 11.8. The van der Waals surface area contributed by atoms with E-state index >= 15 is 0 Å². The molecule has 2 rings (SSSR count). The van der Waals surface area contributed by atoms with Crippen LogP contribution in [0.3, 0.4) is 0 Å². The van der Waals surface area contributed by atoms with Crippen molar-refractivity contribution >= 4 is 39.1 Å². The Balaban J connectivity index is 2.39. The number of nitrogens with zero attached hydrogens (tertiary/aromatic N) is 3. The van der Waals surface area contributed by atoms with Gasteiger partial charge in [-0.3, -0.25) is 4.68 Å². The minimum absolute atomic E-state index is 0.340. The van der Waals surface area contributed by atoms with E-state index in [1.807, 2.05) is 23.7 Å². The molecule has 108 valence electrons. The molecule has 2 aromatic rings. The van der Waals surface area contributed by atoms with Gasteiger partial charge < -0.3 is 0 Å². The summed E-state index contributed by atoms with van der Waals surface area (Å²) in [4.78, 5) is 4.34. The molecule has 0 amide bonds. The van der Waals surface area contributed by atoms with Crippen LogP contribution in [0.25, 0.3) is 0 Å². The molecule has 20 heavy (non-hydrogen) atoms. The van der Waals surface area contributed by atoms with Gasteiger partial charge in [-0.05, 0) is 24.6 Å². The fraction of sp³-hybridized carbons (Fsp3) is 0.429. The van der Waals surface area contributed by atoms with Crippen LogP contribution in [0.1, 0.15) is 18.3 Å². The lowest BCUT2D eigenvalue weighted by atomic mass is 9.81. The largest absolute Gasteiger partial charge is 0.250 e. The van der Waals surface area contributed by atoms with Gasteiger partial charge in [-0.25, -0.2) is 4.98 Å². The van der Waals surface area contributed by atoms with Crippen LogP contribution in [0.4, 0.5) is 0 Å². The smallest absolute Gasteiger partial charge is 0.138 e. The molecule has 1 aromatic carbocycles. The highest BCUT2D eigenvalue weighted by Crippen LogP contribution is 2.32. The summed E-state index contributed by atoms with van der Waals surface area (Å²) in [6, 6.07) is 8.11. The number of hydrogen-bond donors (Lipinski definition) is 0.